The Morgan fingerprint density at radius 2 is 1.11 bits per heavy atom. The van der Waals surface area contributed by atoms with E-state index in [4.69, 9.17) is 14.2 Å². The van der Waals surface area contributed by atoms with Gasteiger partial charge in [0.1, 0.15) is 0 Å². The lowest BCUT2D eigenvalue weighted by Gasteiger charge is -2.11. The second-order valence-electron chi connectivity index (χ2n) is 5.89. The Kier molecular flexibility index (Phi) is 10.0. The van der Waals surface area contributed by atoms with Crippen LogP contribution in [-0.2, 0) is 14.2 Å². The lowest BCUT2D eigenvalue weighted by molar-refractivity contribution is 0.0140. The largest absolute Gasteiger partial charge is 0.379 e. The first-order valence-electron chi connectivity index (χ1n) is 9.17. The fourth-order valence-electron chi connectivity index (χ4n) is 2.32. The summed E-state index contributed by atoms with van der Waals surface area (Å²) in [6.07, 6.45) is 1.41. The first-order valence-corrected chi connectivity index (χ1v) is 9.17. The van der Waals surface area contributed by atoms with Crippen molar-refractivity contribution >= 4 is 23.4 Å². The second-order valence-corrected chi connectivity index (χ2v) is 5.89. The zero-order valence-electron chi connectivity index (χ0n) is 15.4. The Morgan fingerprint density at radius 3 is 1.59 bits per heavy atom. The molecule has 4 amide bonds. The van der Waals surface area contributed by atoms with Gasteiger partial charge in [-0.3, -0.25) is 0 Å². The molecule has 150 valence electrons. The van der Waals surface area contributed by atoms with Gasteiger partial charge in [-0.15, -0.1) is 0 Å². The van der Waals surface area contributed by atoms with E-state index in [2.05, 4.69) is 21.3 Å². The summed E-state index contributed by atoms with van der Waals surface area (Å²) in [7, 11) is 0. The highest BCUT2D eigenvalue weighted by Crippen LogP contribution is 2.14. The van der Waals surface area contributed by atoms with Gasteiger partial charge >= 0.3 is 12.1 Å². The van der Waals surface area contributed by atoms with E-state index in [1.807, 2.05) is 0 Å². The summed E-state index contributed by atoms with van der Waals surface area (Å²) in [6, 6.07) is 6.35. The topological polar surface area (TPSA) is 110 Å². The number of urea groups is 2. The predicted molar refractivity (Wildman–Crippen MR) is 102 cm³/mol. The summed E-state index contributed by atoms with van der Waals surface area (Å²) in [5.74, 6) is 0. The maximum absolute atomic E-state index is 11.9. The molecule has 0 radical (unpaired) electrons. The molecule has 1 heterocycles. The Hall–Kier alpha value is -2.36. The van der Waals surface area contributed by atoms with Crippen molar-refractivity contribution in [2.24, 2.45) is 0 Å². The van der Waals surface area contributed by atoms with E-state index in [0.29, 0.717) is 76.9 Å². The van der Waals surface area contributed by atoms with Gasteiger partial charge in [-0.1, -0.05) is 6.07 Å². The number of hydrogen-bond donors (Lipinski definition) is 4. The van der Waals surface area contributed by atoms with E-state index < -0.39 is 0 Å². The smallest absolute Gasteiger partial charge is 0.319 e. The number of nitrogens with one attached hydrogen (secondary N) is 4. The van der Waals surface area contributed by atoms with Crippen LogP contribution in [-0.4, -0.2) is 64.8 Å². The van der Waals surface area contributed by atoms with Crippen LogP contribution in [0, 0.1) is 0 Å². The summed E-state index contributed by atoms with van der Waals surface area (Å²) >= 11 is 0. The molecule has 1 aromatic rings. The summed E-state index contributed by atoms with van der Waals surface area (Å²) in [5.41, 5.74) is 1.18. The zero-order chi connectivity index (χ0) is 19.2. The molecule has 4 N–H and O–H groups in total. The fourth-order valence-corrected chi connectivity index (χ4v) is 2.32. The van der Waals surface area contributed by atoms with Crippen LogP contribution >= 0.6 is 0 Å². The summed E-state index contributed by atoms with van der Waals surface area (Å²) in [5, 5.41) is 11.0. The van der Waals surface area contributed by atoms with Crippen LogP contribution in [0.2, 0.25) is 0 Å². The monoisotopic (exact) mass is 380 g/mol. The number of amides is 4. The molecule has 0 saturated carbocycles. The fraction of sp³-hybridized carbons (Fsp3) is 0.556. The van der Waals surface area contributed by atoms with Crippen molar-refractivity contribution in [3.63, 3.8) is 0 Å². The van der Waals surface area contributed by atoms with Crippen molar-refractivity contribution in [2.75, 3.05) is 63.4 Å². The molecular formula is C18H28N4O5. The van der Waals surface area contributed by atoms with E-state index >= 15 is 0 Å². The van der Waals surface area contributed by atoms with Crippen LogP contribution in [0.3, 0.4) is 0 Å². The number of ether oxygens (including phenoxy) is 3. The first kappa shape index (κ1) is 20.9. The van der Waals surface area contributed by atoms with E-state index in [1.165, 1.54) is 0 Å². The Morgan fingerprint density at radius 1 is 0.667 bits per heavy atom. The van der Waals surface area contributed by atoms with Gasteiger partial charge < -0.3 is 35.5 Å². The predicted octanol–water partition coefficient (Wildman–Crippen LogP) is 1.77. The average molecular weight is 380 g/mol. The van der Waals surface area contributed by atoms with Gasteiger partial charge in [-0.25, -0.2) is 9.59 Å². The number of fused-ring (bicyclic) bond motifs is 2. The number of anilines is 2. The highest BCUT2D eigenvalue weighted by molar-refractivity contribution is 5.92. The summed E-state index contributed by atoms with van der Waals surface area (Å²) in [4.78, 5) is 23.8. The van der Waals surface area contributed by atoms with Crippen molar-refractivity contribution in [1.29, 1.82) is 0 Å². The minimum absolute atomic E-state index is 0.304. The van der Waals surface area contributed by atoms with E-state index in [1.54, 1.807) is 24.3 Å². The number of carbonyl (C=O) groups is 2. The van der Waals surface area contributed by atoms with E-state index in [-0.39, 0.29) is 12.1 Å². The molecule has 9 nitrogen and oxygen atoms in total. The number of carbonyl (C=O) groups excluding carboxylic acids is 2. The lowest BCUT2D eigenvalue weighted by Crippen LogP contribution is -2.31. The SMILES string of the molecule is O=C1NCCCOCCOCCOCCCNC(=O)Nc2cccc(c2)N1. The molecule has 1 aromatic carbocycles. The number of hydrogen-bond acceptors (Lipinski definition) is 5. The van der Waals surface area contributed by atoms with Gasteiger partial charge in [0, 0.05) is 37.7 Å². The summed E-state index contributed by atoms with van der Waals surface area (Å²) < 4.78 is 16.3. The van der Waals surface area contributed by atoms with Gasteiger partial charge in [0.15, 0.2) is 0 Å². The highest BCUT2D eigenvalue weighted by Gasteiger charge is 2.05. The van der Waals surface area contributed by atoms with Gasteiger partial charge in [0.25, 0.3) is 0 Å². The van der Waals surface area contributed by atoms with Crippen LogP contribution in [0.4, 0.5) is 21.0 Å². The number of rotatable bonds is 0. The molecule has 1 aliphatic rings. The molecular weight excluding hydrogens is 352 g/mol. The van der Waals surface area contributed by atoms with E-state index in [9.17, 15) is 9.59 Å². The van der Waals surface area contributed by atoms with Crippen molar-refractivity contribution < 1.29 is 23.8 Å². The van der Waals surface area contributed by atoms with Crippen LogP contribution < -0.4 is 21.3 Å². The molecule has 2 bridgehead atoms. The van der Waals surface area contributed by atoms with Crippen LogP contribution in [0.15, 0.2) is 24.3 Å². The molecule has 0 spiro atoms. The third-order valence-corrected chi connectivity index (χ3v) is 3.62. The molecule has 0 aliphatic carbocycles. The summed E-state index contributed by atoms with van der Waals surface area (Å²) in [6.45, 7) is 4.14. The van der Waals surface area contributed by atoms with E-state index in [0.717, 1.165) is 0 Å². The van der Waals surface area contributed by atoms with Crippen molar-refractivity contribution in [3.8, 4) is 0 Å². The maximum atomic E-state index is 11.9. The minimum Gasteiger partial charge on any atom is -0.379 e. The minimum atomic E-state index is -0.304. The van der Waals surface area contributed by atoms with Gasteiger partial charge in [0.05, 0.1) is 26.4 Å². The molecule has 0 aromatic heterocycles. The van der Waals surface area contributed by atoms with Gasteiger partial charge in [-0.05, 0) is 31.0 Å². The van der Waals surface area contributed by atoms with Crippen LogP contribution in [0.5, 0.6) is 0 Å². The van der Waals surface area contributed by atoms with Crippen LogP contribution in [0.25, 0.3) is 0 Å². The highest BCUT2D eigenvalue weighted by atomic mass is 16.5. The lowest BCUT2D eigenvalue weighted by atomic mass is 10.3. The van der Waals surface area contributed by atoms with Gasteiger partial charge in [-0.2, -0.15) is 0 Å². The quantitative estimate of drug-likeness (QED) is 0.548. The molecule has 1 aliphatic heterocycles. The molecule has 0 unspecified atom stereocenters. The molecule has 0 atom stereocenters. The molecule has 2 rings (SSSR count). The zero-order valence-corrected chi connectivity index (χ0v) is 15.4. The second kappa shape index (κ2) is 12.9. The first-order chi connectivity index (χ1) is 13.2. The Bertz CT molecular complexity index is 539. The Labute approximate surface area is 159 Å². The molecule has 0 fully saturated rings. The maximum Gasteiger partial charge on any atom is 0.319 e. The standard InChI is InChI=1S/C18H28N4O5/c23-17-19-6-2-8-25-10-12-27-13-11-26-9-3-7-20-18(24)22-16-5-1-4-15(14-16)21-17/h1,4-5,14H,2-3,6-13H2,(H2,19,21,23)(H2,20,22,24). The molecule has 9 heteroatoms. The third-order valence-electron chi connectivity index (χ3n) is 3.62. The normalized spacial score (nSPS) is 19.3. The van der Waals surface area contributed by atoms with Crippen molar-refractivity contribution in [1.82, 2.24) is 10.6 Å². The molecule has 27 heavy (non-hydrogen) atoms. The molecule has 0 saturated heterocycles. The van der Waals surface area contributed by atoms with Crippen molar-refractivity contribution in [3.05, 3.63) is 24.3 Å². The van der Waals surface area contributed by atoms with Crippen molar-refractivity contribution in [2.45, 2.75) is 12.8 Å². The average Bonchev–Trinajstić information content (AvgIpc) is 2.64. The number of benzene rings is 1. The Balaban J connectivity index is 1.83. The third kappa shape index (κ3) is 9.78. The van der Waals surface area contributed by atoms with Crippen LogP contribution in [0.1, 0.15) is 12.8 Å². The van der Waals surface area contributed by atoms with Gasteiger partial charge in [0.2, 0.25) is 0 Å².